The van der Waals surface area contributed by atoms with Crippen LogP contribution in [0.2, 0.25) is 0 Å². The molecule has 3 rings (SSSR count). The second-order valence-electron chi connectivity index (χ2n) is 6.90. The van der Waals surface area contributed by atoms with E-state index in [0.29, 0.717) is 17.6 Å². The van der Waals surface area contributed by atoms with E-state index in [2.05, 4.69) is 15.9 Å². The molecule has 0 aliphatic carbocycles. The van der Waals surface area contributed by atoms with Gasteiger partial charge in [0.15, 0.2) is 0 Å². The number of rotatable bonds is 5. The lowest BCUT2D eigenvalue weighted by atomic mass is 10.1. The summed E-state index contributed by atoms with van der Waals surface area (Å²) < 4.78 is 40.8. The average Bonchev–Trinajstić information content (AvgIpc) is 3.23. The molecule has 1 aliphatic heterocycles. The number of carbonyl (C=O) groups is 1. The summed E-state index contributed by atoms with van der Waals surface area (Å²) in [7, 11) is -1.97. The van der Waals surface area contributed by atoms with Crippen LogP contribution in [0.1, 0.15) is 41.7 Å². The van der Waals surface area contributed by atoms with Crippen LogP contribution >= 0.6 is 15.9 Å². The average molecular weight is 469 g/mol. The van der Waals surface area contributed by atoms with Gasteiger partial charge in [0.05, 0.1) is 16.5 Å². The van der Waals surface area contributed by atoms with Crippen molar-refractivity contribution in [2.24, 2.45) is 0 Å². The van der Waals surface area contributed by atoms with Crippen LogP contribution in [0.5, 0.6) is 0 Å². The third-order valence-corrected chi connectivity index (χ3v) is 7.71. The second kappa shape index (κ2) is 8.31. The Labute approximate surface area is 173 Å². The van der Waals surface area contributed by atoms with Gasteiger partial charge in [0.25, 0.3) is 5.91 Å². The minimum absolute atomic E-state index is 0.115. The van der Waals surface area contributed by atoms with E-state index in [9.17, 15) is 17.6 Å². The van der Waals surface area contributed by atoms with Crippen LogP contribution < -0.4 is 0 Å². The van der Waals surface area contributed by atoms with E-state index in [1.807, 2.05) is 6.92 Å². The number of amides is 1. The van der Waals surface area contributed by atoms with E-state index in [0.717, 1.165) is 18.4 Å². The smallest absolute Gasteiger partial charge is 0.255 e. The van der Waals surface area contributed by atoms with E-state index < -0.39 is 10.0 Å². The molecule has 1 unspecified atom stereocenters. The topological polar surface area (TPSA) is 57.7 Å². The molecule has 1 saturated heterocycles. The van der Waals surface area contributed by atoms with Gasteiger partial charge >= 0.3 is 0 Å². The van der Waals surface area contributed by atoms with Crippen LogP contribution in [0, 0.1) is 5.82 Å². The Morgan fingerprint density at radius 1 is 1.14 bits per heavy atom. The molecule has 1 atom stereocenters. The van der Waals surface area contributed by atoms with Crippen molar-refractivity contribution in [3.63, 3.8) is 0 Å². The number of nitrogens with zero attached hydrogens (tertiary/aromatic N) is 2. The lowest BCUT2D eigenvalue weighted by Crippen LogP contribution is -2.31. The largest absolute Gasteiger partial charge is 0.335 e. The molecule has 2 aromatic rings. The van der Waals surface area contributed by atoms with E-state index >= 15 is 0 Å². The highest BCUT2D eigenvalue weighted by atomic mass is 79.9. The second-order valence-corrected chi connectivity index (χ2v) is 9.69. The van der Waals surface area contributed by atoms with Crippen LogP contribution in [0.15, 0.2) is 51.8 Å². The normalized spacial score (nSPS) is 16.1. The fourth-order valence-electron chi connectivity index (χ4n) is 3.24. The van der Waals surface area contributed by atoms with E-state index in [4.69, 9.17) is 0 Å². The van der Waals surface area contributed by atoms with Crippen molar-refractivity contribution >= 4 is 31.9 Å². The lowest BCUT2D eigenvalue weighted by Gasteiger charge is -2.26. The molecule has 0 spiro atoms. The first-order chi connectivity index (χ1) is 13.2. The van der Waals surface area contributed by atoms with Crippen molar-refractivity contribution in [1.82, 2.24) is 9.21 Å². The summed E-state index contributed by atoms with van der Waals surface area (Å²) in [4.78, 5) is 14.7. The summed E-state index contributed by atoms with van der Waals surface area (Å²) >= 11 is 3.36. The standard InChI is InChI=1S/C20H22BrFN2O3S/c1-14(15-5-7-16(22)8-6-15)23(2)20(25)18-13-17(9-10-19(18)21)28(26,27)24-11-3-4-12-24/h5-10,13-14H,3-4,11-12H2,1-2H3. The SMILES string of the molecule is CC(c1ccc(F)cc1)N(C)C(=O)c1cc(S(=O)(=O)N2CCCC2)ccc1Br. The number of sulfonamides is 1. The van der Waals surface area contributed by atoms with Crippen molar-refractivity contribution in [2.45, 2.75) is 30.7 Å². The quantitative estimate of drug-likeness (QED) is 0.660. The Morgan fingerprint density at radius 2 is 1.75 bits per heavy atom. The molecule has 1 aliphatic rings. The third-order valence-electron chi connectivity index (χ3n) is 5.12. The van der Waals surface area contributed by atoms with Crippen LogP contribution in [0.4, 0.5) is 4.39 Å². The first-order valence-electron chi connectivity index (χ1n) is 9.04. The maximum absolute atomic E-state index is 13.2. The van der Waals surface area contributed by atoms with Crippen molar-refractivity contribution in [3.8, 4) is 0 Å². The summed E-state index contributed by atoms with van der Waals surface area (Å²) in [6, 6.07) is 10.2. The molecule has 0 N–H and O–H groups in total. The van der Waals surface area contributed by atoms with Crippen molar-refractivity contribution < 1.29 is 17.6 Å². The zero-order valence-corrected chi connectivity index (χ0v) is 18.1. The van der Waals surface area contributed by atoms with E-state index in [-0.39, 0.29) is 28.2 Å². The van der Waals surface area contributed by atoms with Crippen molar-refractivity contribution in [3.05, 3.63) is 63.9 Å². The molecule has 0 aromatic heterocycles. The molecule has 1 amide bonds. The summed E-state index contributed by atoms with van der Waals surface area (Å²) in [5, 5.41) is 0. The van der Waals surface area contributed by atoms with Gasteiger partial charge in [0, 0.05) is 24.6 Å². The predicted molar refractivity (Wildman–Crippen MR) is 109 cm³/mol. The number of carbonyl (C=O) groups excluding carboxylic acids is 1. The molecule has 1 fully saturated rings. The summed E-state index contributed by atoms with van der Waals surface area (Å²) in [6.45, 7) is 2.84. The minimum atomic E-state index is -3.61. The summed E-state index contributed by atoms with van der Waals surface area (Å²) in [5.41, 5.74) is 1.06. The van der Waals surface area contributed by atoms with Crippen LogP contribution in [0.3, 0.4) is 0 Å². The Hall–Kier alpha value is -1.77. The highest BCUT2D eigenvalue weighted by Gasteiger charge is 2.29. The fraction of sp³-hybridized carbons (Fsp3) is 0.350. The van der Waals surface area contributed by atoms with Gasteiger partial charge in [-0.2, -0.15) is 4.31 Å². The van der Waals surface area contributed by atoms with Crippen molar-refractivity contribution in [1.29, 1.82) is 0 Å². The molecule has 8 heteroatoms. The number of hydrogen-bond donors (Lipinski definition) is 0. The first kappa shape index (κ1) is 21.0. The molecule has 28 heavy (non-hydrogen) atoms. The molecular formula is C20H22BrFN2O3S. The Balaban J connectivity index is 1.89. The molecule has 1 heterocycles. The Morgan fingerprint density at radius 3 is 2.36 bits per heavy atom. The molecule has 5 nitrogen and oxygen atoms in total. The predicted octanol–water partition coefficient (Wildman–Crippen LogP) is 4.21. The van der Waals surface area contributed by atoms with Crippen LogP contribution in [-0.4, -0.2) is 43.7 Å². The van der Waals surface area contributed by atoms with Crippen molar-refractivity contribution in [2.75, 3.05) is 20.1 Å². The summed E-state index contributed by atoms with van der Waals surface area (Å²) in [5.74, 6) is -0.658. The molecule has 0 radical (unpaired) electrons. The van der Waals surface area contributed by atoms with E-state index in [1.165, 1.54) is 33.5 Å². The zero-order chi connectivity index (χ0) is 20.5. The first-order valence-corrected chi connectivity index (χ1v) is 11.3. The van der Waals surface area contributed by atoms with Gasteiger partial charge in [-0.3, -0.25) is 4.79 Å². The lowest BCUT2D eigenvalue weighted by molar-refractivity contribution is 0.0741. The maximum atomic E-state index is 13.2. The maximum Gasteiger partial charge on any atom is 0.255 e. The molecule has 2 aromatic carbocycles. The Kier molecular flexibility index (Phi) is 6.21. The number of benzene rings is 2. The monoisotopic (exact) mass is 468 g/mol. The molecule has 0 bridgehead atoms. The summed E-state index contributed by atoms with van der Waals surface area (Å²) in [6.07, 6.45) is 1.69. The molecule has 150 valence electrons. The van der Waals surface area contributed by atoms with Gasteiger partial charge in [-0.15, -0.1) is 0 Å². The zero-order valence-electron chi connectivity index (χ0n) is 15.7. The Bertz CT molecular complexity index is 973. The number of hydrogen-bond acceptors (Lipinski definition) is 3. The van der Waals surface area contributed by atoms with Crippen LogP contribution in [-0.2, 0) is 10.0 Å². The molecular weight excluding hydrogens is 447 g/mol. The van der Waals surface area contributed by atoms with Gasteiger partial charge in [-0.1, -0.05) is 12.1 Å². The third kappa shape index (κ3) is 4.14. The minimum Gasteiger partial charge on any atom is -0.335 e. The van der Waals surface area contributed by atoms with E-state index in [1.54, 1.807) is 25.2 Å². The van der Waals surface area contributed by atoms with Gasteiger partial charge in [-0.25, -0.2) is 12.8 Å². The highest BCUT2D eigenvalue weighted by molar-refractivity contribution is 9.10. The number of halogens is 2. The fourth-order valence-corrected chi connectivity index (χ4v) is 5.20. The van der Waals surface area contributed by atoms with Gasteiger partial charge < -0.3 is 4.90 Å². The highest BCUT2D eigenvalue weighted by Crippen LogP contribution is 2.28. The van der Waals surface area contributed by atoms with Gasteiger partial charge in [0.1, 0.15) is 5.82 Å². The van der Waals surface area contributed by atoms with Crippen LogP contribution in [0.25, 0.3) is 0 Å². The van der Waals surface area contributed by atoms with Gasteiger partial charge in [-0.05, 0) is 71.6 Å². The molecule has 0 saturated carbocycles. The van der Waals surface area contributed by atoms with Gasteiger partial charge in [0.2, 0.25) is 10.0 Å².